The number of hydrogen-bond donors (Lipinski definition) is 1. The largest absolute Gasteiger partial charge is 0.328 e. The number of nitrogens with zero attached hydrogens (tertiary/aromatic N) is 1. The SMILES string of the molecule is Cc1cncc(CC(C)N)c1. The van der Waals surface area contributed by atoms with Crippen molar-refractivity contribution in [3.8, 4) is 0 Å². The van der Waals surface area contributed by atoms with E-state index in [0.29, 0.717) is 0 Å². The van der Waals surface area contributed by atoms with Crippen LogP contribution in [0.15, 0.2) is 18.5 Å². The van der Waals surface area contributed by atoms with Crippen molar-refractivity contribution in [2.45, 2.75) is 26.3 Å². The molecule has 1 rings (SSSR count). The van der Waals surface area contributed by atoms with Crippen molar-refractivity contribution in [2.24, 2.45) is 5.73 Å². The van der Waals surface area contributed by atoms with Crippen molar-refractivity contribution >= 4 is 0 Å². The third kappa shape index (κ3) is 2.68. The molecule has 0 aliphatic rings. The Kier molecular flexibility index (Phi) is 2.60. The summed E-state index contributed by atoms with van der Waals surface area (Å²) in [6.07, 6.45) is 4.63. The molecule has 1 unspecified atom stereocenters. The van der Waals surface area contributed by atoms with Gasteiger partial charge in [0.1, 0.15) is 0 Å². The van der Waals surface area contributed by atoms with Gasteiger partial charge in [-0.15, -0.1) is 0 Å². The Morgan fingerprint density at radius 3 is 2.82 bits per heavy atom. The number of aromatic nitrogens is 1. The summed E-state index contributed by atoms with van der Waals surface area (Å²) in [7, 11) is 0. The van der Waals surface area contributed by atoms with Gasteiger partial charge in [-0.3, -0.25) is 4.98 Å². The lowest BCUT2D eigenvalue weighted by molar-refractivity contribution is 0.735. The van der Waals surface area contributed by atoms with Crippen LogP contribution in [-0.2, 0) is 6.42 Å². The van der Waals surface area contributed by atoms with Gasteiger partial charge in [-0.2, -0.15) is 0 Å². The summed E-state index contributed by atoms with van der Waals surface area (Å²) in [4.78, 5) is 4.08. The zero-order valence-corrected chi connectivity index (χ0v) is 7.04. The van der Waals surface area contributed by atoms with Crippen LogP contribution in [0.1, 0.15) is 18.1 Å². The van der Waals surface area contributed by atoms with Crippen LogP contribution in [0.3, 0.4) is 0 Å². The first kappa shape index (κ1) is 8.21. The molecule has 11 heavy (non-hydrogen) atoms. The van der Waals surface area contributed by atoms with E-state index in [1.807, 2.05) is 26.2 Å². The van der Waals surface area contributed by atoms with Gasteiger partial charge in [-0.1, -0.05) is 6.07 Å². The lowest BCUT2D eigenvalue weighted by atomic mass is 10.1. The van der Waals surface area contributed by atoms with Gasteiger partial charge in [0, 0.05) is 18.4 Å². The van der Waals surface area contributed by atoms with E-state index < -0.39 is 0 Å². The second-order valence-electron chi connectivity index (χ2n) is 3.05. The fraction of sp³-hybridized carbons (Fsp3) is 0.444. The number of nitrogens with two attached hydrogens (primary N) is 1. The van der Waals surface area contributed by atoms with Crippen molar-refractivity contribution in [1.82, 2.24) is 4.98 Å². The van der Waals surface area contributed by atoms with Crippen molar-refractivity contribution in [2.75, 3.05) is 0 Å². The maximum absolute atomic E-state index is 5.65. The second-order valence-corrected chi connectivity index (χ2v) is 3.05. The predicted octanol–water partition coefficient (Wildman–Crippen LogP) is 1.28. The molecule has 1 aromatic heterocycles. The summed E-state index contributed by atoms with van der Waals surface area (Å²) < 4.78 is 0. The zero-order valence-electron chi connectivity index (χ0n) is 7.04. The Balaban J connectivity index is 2.71. The standard InChI is InChI=1S/C9H14N2/c1-7-3-9(4-8(2)10)6-11-5-7/h3,5-6,8H,4,10H2,1-2H3. The number of aryl methyl sites for hydroxylation is 1. The maximum Gasteiger partial charge on any atom is 0.0300 e. The van der Waals surface area contributed by atoms with Crippen LogP contribution in [0.5, 0.6) is 0 Å². The average molecular weight is 150 g/mol. The van der Waals surface area contributed by atoms with Crippen molar-refractivity contribution in [3.05, 3.63) is 29.6 Å². The molecule has 2 nitrogen and oxygen atoms in total. The van der Waals surface area contributed by atoms with E-state index in [9.17, 15) is 0 Å². The van der Waals surface area contributed by atoms with E-state index in [1.165, 1.54) is 11.1 Å². The molecule has 0 spiro atoms. The Hall–Kier alpha value is -0.890. The molecule has 0 saturated heterocycles. The molecule has 0 radical (unpaired) electrons. The summed E-state index contributed by atoms with van der Waals surface area (Å²) in [6.45, 7) is 4.04. The molecule has 60 valence electrons. The van der Waals surface area contributed by atoms with Crippen LogP contribution in [0.2, 0.25) is 0 Å². The van der Waals surface area contributed by atoms with Crippen LogP contribution in [-0.4, -0.2) is 11.0 Å². The van der Waals surface area contributed by atoms with Gasteiger partial charge >= 0.3 is 0 Å². The van der Waals surface area contributed by atoms with E-state index in [2.05, 4.69) is 11.1 Å². The first-order valence-electron chi connectivity index (χ1n) is 3.84. The van der Waals surface area contributed by atoms with E-state index >= 15 is 0 Å². The minimum Gasteiger partial charge on any atom is -0.328 e. The number of pyridine rings is 1. The molecule has 0 aliphatic heterocycles. The topological polar surface area (TPSA) is 38.9 Å². The molecule has 1 heterocycles. The molecule has 1 aromatic rings. The van der Waals surface area contributed by atoms with Gasteiger partial charge in [0.2, 0.25) is 0 Å². The number of hydrogen-bond acceptors (Lipinski definition) is 2. The van der Waals surface area contributed by atoms with Gasteiger partial charge in [0.05, 0.1) is 0 Å². The molecule has 2 heteroatoms. The fourth-order valence-corrected chi connectivity index (χ4v) is 1.10. The molecule has 0 aliphatic carbocycles. The van der Waals surface area contributed by atoms with E-state index in [-0.39, 0.29) is 6.04 Å². The molecule has 0 saturated carbocycles. The summed E-state index contributed by atoms with van der Waals surface area (Å²) in [5.41, 5.74) is 8.07. The molecule has 2 N–H and O–H groups in total. The Morgan fingerprint density at radius 1 is 1.55 bits per heavy atom. The van der Waals surface area contributed by atoms with Gasteiger partial charge in [0.15, 0.2) is 0 Å². The minimum absolute atomic E-state index is 0.221. The van der Waals surface area contributed by atoms with E-state index in [4.69, 9.17) is 5.73 Å². The van der Waals surface area contributed by atoms with Crippen LogP contribution in [0.25, 0.3) is 0 Å². The van der Waals surface area contributed by atoms with E-state index in [1.54, 1.807) is 0 Å². The summed E-state index contributed by atoms with van der Waals surface area (Å²) in [5, 5.41) is 0. The zero-order chi connectivity index (χ0) is 8.27. The first-order valence-corrected chi connectivity index (χ1v) is 3.84. The van der Waals surface area contributed by atoms with Crippen LogP contribution >= 0.6 is 0 Å². The predicted molar refractivity (Wildman–Crippen MR) is 46.3 cm³/mol. The fourth-order valence-electron chi connectivity index (χ4n) is 1.10. The summed E-state index contributed by atoms with van der Waals surface area (Å²) in [5.74, 6) is 0. The molecular weight excluding hydrogens is 136 g/mol. The lowest BCUT2D eigenvalue weighted by Crippen LogP contribution is -2.17. The highest BCUT2D eigenvalue weighted by Gasteiger charge is 1.97. The van der Waals surface area contributed by atoms with Crippen molar-refractivity contribution in [3.63, 3.8) is 0 Å². The van der Waals surface area contributed by atoms with Crippen LogP contribution < -0.4 is 5.73 Å². The number of rotatable bonds is 2. The molecular formula is C9H14N2. The Bertz CT molecular complexity index is 231. The third-order valence-corrected chi connectivity index (χ3v) is 1.49. The normalized spacial score (nSPS) is 13.0. The monoisotopic (exact) mass is 150 g/mol. The Labute approximate surface area is 67.5 Å². The van der Waals surface area contributed by atoms with Gasteiger partial charge in [-0.25, -0.2) is 0 Å². The maximum atomic E-state index is 5.65. The van der Waals surface area contributed by atoms with Crippen molar-refractivity contribution in [1.29, 1.82) is 0 Å². The highest BCUT2D eigenvalue weighted by atomic mass is 14.6. The van der Waals surface area contributed by atoms with E-state index in [0.717, 1.165) is 6.42 Å². The average Bonchev–Trinajstić information content (AvgIpc) is 1.85. The highest BCUT2D eigenvalue weighted by molar-refractivity contribution is 5.17. The van der Waals surface area contributed by atoms with Crippen molar-refractivity contribution < 1.29 is 0 Å². The summed E-state index contributed by atoms with van der Waals surface area (Å²) in [6, 6.07) is 2.34. The molecule has 0 bridgehead atoms. The highest BCUT2D eigenvalue weighted by Crippen LogP contribution is 2.02. The van der Waals surface area contributed by atoms with Crippen LogP contribution in [0, 0.1) is 6.92 Å². The minimum atomic E-state index is 0.221. The quantitative estimate of drug-likeness (QED) is 0.689. The Morgan fingerprint density at radius 2 is 2.27 bits per heavy atom. The van der Waals surface area contributed by atoms with Crippen LogP contribution in [0.4, 0.5) is 0 Å². The first-order chi connectivity index (χ1) is 5.18. The molecule has 0 amide bonds. The molecule has 0 aromatic carbocycles. The van der Waals surface area contributed by atoms with Gasteiger partial charge < -0.3 is 5.73 Å². The second kappa shape index (κ2) is 3.49. The third-order valence-electron chi connectivity index (χ3n) is 1.49. The molecule has 1 atom stereocenters. The van der Waals surface area contributed by atoms with Gasteiger partial charge in [0.25, 0.3) is 0 Å². The smallest absolute Gasteiger partial charge is 0.0300 e. The lowest BCUT2D eigenvalue weighted by Gasteiger charge is -2.04. The summed E-state index contributed by atoms with van der Waals surface area (Å²) >= 11 is 0. The molecule has 0 fully saturated rings. The van der Waals surface area contributed by atoms with Gasteiger partial charge in [-0.05, 0) is 31.4 Å².